The second-order valence-corrected chi connectivity index (χ2v) is 8.73. The number of fused-ring (bicyclic) bond motifs is 3. The summed E-state index contributed by atoms with van der Waals surface area (Å²) in [5, 5.41) is 34.4. The largest absolute Gasteiger partial charge is 0.497 e. The van der Waals surface area contributed by atoms with E-state index >= 15 is 0 Å². The predicted octanol–water partition coefficient (Wildman–Crippen LogP) is 3.05. The average Bonchev–Trinajstić information content (AvgIpc) is 3.26. The minimum Gasteiger partial charge on any atom is -0.497 e. The van der Waals surface area contributed by atoms with Crippen LogP contribution in [0.1, 0.15) is 22.6 Å². The van der Waals surface area contributed by atoms with E-state index in [-0.39, 0.29) is 17.1 Å². The Morgan fingerprint density at radius 1 is 0.914 bits per heavy atom. The maximum Gasteiger partial charge on any atom is 0.310 e. The van der Waals surface area contributed by atoms with Crippen LogP contribution in [-0.2, 0) is 16.0 Å². The van der Waals surface area contributed by atoms with Crippen LogP contribution in [0.3, 0.4) is 0 Å². The molecule has 5 rings (SSSR count). The summed E-state index contributed by atoms with van der Waals surface area (Å²) in [6.07, 6.45) is -1.73. The lowest BCUT2D eigenvalue weighted by Gasteiger charge is -2.40. The van der Waals surface area contributed by atoms with Crippen LogP contribution in [0.25, 0.3) is 0 Å². The van der Waals surface area contributed by atoms with E-state index < -0.39 is 35.1 Å². The number of hydrogen-bond donors (Lipinski definition) is 3. The molecule has 8 nitrogen and oxygen atoms in total. The van der Waals surface area contributed by atoms with E-state index in [4.69, 9.17) is 18.9 Å². The van der Waals surface area contributed by atoms with Gasteiger partial charge in [0.05, 0.1) is 32.8 Å². The van der Waals surface area contributed by atoms with Gasteiger partial charge in [-0.2, -0.15) is 0 Å². The van der Waals surface area contributed by atoms with E-state index in [0.717, 1.165) is 0 Å². The van der Waals surface area contributed by atoms with Crippen molar-refractivity contribution in [2.45, 2.75) is 23.2 Å². The van der Waals surface area contributed by atoms with Crippen LogP contribution in [0.4, 0.5) is 0 Å². The van der Waals surface area contributed by atoms with Gasteiger partial charge in [-0.05, 0) is 23.3 Å². The normalized spacial score (nSPS) is 28.5. The first-order valence-corrected chi connectivity index (χ1v) is 11.1. The van der Waals surface area contributed by atoms with Gasteiger partial charge in [0.1, 0.15) is 29.1 Å². The van der Waals surface area contributed by atoms with Crippen molar-refractivity contribution < 1.29 is 39.1 Å². The molecule has 182 valence electrons. The average molecular weight is 478 g/mol. The fourth-order valence-electron chi connectivity index (χ4n) is 5.78. The van der Waals surface area contributed by atoms with E-state index in [2.05, 4.69) is 0 Å². The topological polar surface area (TPSA) is 115 Å². The fraction of sp³-hybridized carbons (Fsp3) is 0.296. The molecule has 1 saturated carbocycles. The van der Waals surface area contributed by atoms with Crippen molar-refractivity contribution in [3.63, 3.8) is 0 Å². The Morgan fingerprint density at radius 2 is 1.57 bits per heavy atom. The highest BCUT2D eigenvalue weighted by Gasteiger charge is 2.78. The smallest absolute Gasteiger partial charge is 0.310 e. The fourth-order valence-corrected chi connectivity index (χ4v) is 5.78. The van der Waals surface area contributed by atoms with Crippen LogP contribution in [0.2, 0.25) is 0 Å². The summed E-state index contributed by atoms with van der Waals surface area (Å²) in [4.78, 5) is 12.6. The lowest BCUT2D eigenvalue weighted by atomic mass is 9.70. The maximum atomic E-state index is 12.6. The molecule has 3 aromatic carbocycles. The number of benzene rings is 3. The molecule has 1 heterocycles. The second kappa shape index (κ2) is 8.18. The third-order valence-electron chi connectivity index (χ3n) is 7.24. The Kier molecular flexibility index (Phi) is 5.38. The number of carboxylic acids is 1. The first kappa shape index (κ1) is 23.0. The zero-order valence-corrected chi connectivity index (χ0v) is 19.5. The molecule has 2 unspecified atom stereocenters. The van der Waals surface area contributed by atoms with Gasteiger partial charge in [0.15, 0.2) is 11.2 Å². The quantitative estimate of drug-likeness (QED) is 0.495. The van der Waals surface area contributed by atoms with E-state index in [1.807, 2.05) is 6.07 Å². The summed E-state index contributed by atoms with van der Waals surface area (Å²) < 4.78 is 22.9. The molecule has 1 fully saturated rings. The van der Waals surface area contributed by atoms with E-state index in [0.29, 0.717) is 22.6 Å². The number of aliphatic hydroxyl groups is 2. The molecule has 0 saturated heterocycles. The number of aliphatic hydroxyl groups excluding tert-OH is 1. The molecule has 35 heavy (non-hydrogen) atoms. The number of ether oxygens (including phenoxy) is 4. The third-order valence-corrected chi connectivity index (χ3v) is 7.24. The molecule has 2 aliphatic rings. The summed E-state index contributed by atoms with van der Waals surface area (Å²) in [7, 11) is 4.46. The van der Waals surface area contributed by atoms with E-state index in [9.17, 15) is 20.1 Å². The number of rotatable bonds is 6. The number of aliphatic carboxylic acids is 1. The molecule has 3 aromatic rings. The van der Waals surface area contributed by atoms with Gasteiger partial charge in [0, 0.05) is 18.1 Å². The summed E-state index contributed by atoms with van der Waals surface area (Å²) in [5.74, 6) is -2.14. The van der Waals surface area contributed by atoms with Gasteiger partial charge in [-0.1, -0.05) is 42.5 Å². The molecule has 0 radical (unpaired) electrons. The summed E-state index contributed by atoms with van der Waals surface area (Å²) >= 11 is 0. The Balaban J connectivity index is 1.88. The number of carboxylic acid groups (broad SMARTS) is 1. The minimum absolute atomic E-state index is 0.175. The number of methoxy groups -OCH3 is 3. The Morgan fingerprint density at radius 3 is 2.14 bits per heavy atom. The van der Waals surface area contributed by atoms with Gasteiger partial charge in [-0.3, -0.25) is 4.79 Å². The van der Waals surface area contributed by atoms with Crippen LogP contribution >= 0.6 is 0 Å². The zero-order chi connectivity index (χ0) is 25.0. The maximum absolute atomic E-state index is 12.6. The second-order valence-electron chi connectivity index (χ2n) is 8.73. The van der Waals surface area contributed by atoms with Crippen LogP contribution in [-0.4, -0.2) is 48.7 Å². The Bertz CT molecular complexity index is 1260. The van der Waals surface area contributed by atoms with Crippen molar-refractivity contribution in [3.05, 3.63) is 83.4 Å². The minimum atomic E-state index is -2.17. The van der Waals surface area contributed by atoms with Crippen LogP contribution in [0.5, 0.6) is 23.0 Å². The molecule has 3 N–H and O–H groups in total. The summed E-state index contributed by atoms with van der Waals surface area (Å²) in [6.45, 7) is 0. The zero-order valence-electron chi connectivity index (χ0n) is 19.5. The SMILES string of the molecule is COc1ccc([C@@]23Oc4cc(OC)cc(OC)c4[C@]2(O)C(O)C(C(=O)O)[C@H]3c2ccccc2)cc1. The number of hydrogen-bond acceptors (Lipinski definition) is 7. The standard InChI is InChI=1S/C27H26O8/c1-32-17-11-9-16(10-12-17)27-22(15-7-5-4-6-8-15)21(25(29)30)24(28)26(27,31)23-19(34-3)13-18(33-2)14-20(23)35-27/h4-14,21-22,24,28,31H,1-3H3,(H,29,30)/t21?,22-,24?,26+,27+/m1/s1. The monoisotopic (exact) mass is 478 g/mol. The van der Waals surface area contributed by atoms with Crippen molar-refractivity contribution in [1.82, 2.24) is 0 Å². The van der Waals surface area contributed by atoms with Crippen molar-refractivity contribution >= 4 is 5.97 Å². The summed E-state index contributed by atoms with van der Waals surface area (Å²) in [5.41, 5.74) is -2.61. The van der Waals surface area contributed by atoms with Crippen molar-refractivity contribution in [3.8, 4) is 23.0 Å². The van der Waals surface area contributed by atoms with Crippen molar-refractivity contribution in [1.29, 1.82) is 0 Å². The van der Waals surface area contributed by atoms with Crippen LogP contribution < -0.4 is 18.9 Å². The van der Waals surface area contributed by atoms with Gasteiger partial charge < -0.3 is 34.3 Å². The highest BCUT2D eigenvalue weighted by Crippen LogP contribution is 2.70. The molecular formula is C27H26O8. The molecular weight excluding hydrogens is 452 g/mol. The highest BCUT2D eigenvalue weighted by atomic mass is 16.5. The van der Waals surface area contributed by atoms with Crippen LogP contribution in [0, 0.1) is 5.92 Å². The molecule has 0 amide bonds. The van der Waals surface area contributed by atoms with Crippen molar-refractivity contribution in [2.75, 3.05) is 21.3 Å². The summed E-state index contributed by atoms with van der Waals surface area (Å²) in [6, 6.07) is 18.9. The van der Waals surface area contributed by atoms with E-state index in [1.165, 1.54) is 21.3 Å². The Hall–Kier alpha value is -3.75. The highest BCUT2D eigenvalue weighted by molar-refractivity contribution is 5.77. The lowest BCUT2D eigenvalue weighted by molar-refractivity contribution is -0.159. The molecule has 0 aromatic heterocycles. The molecule has 8 heteroatoms. The van der Waals surface area contributed by atoms with Gasteiger partial charge in [0.25, 0.3) is 0 Å². The van der Waals surface area contributed by atoms with Gasteiger partial charge in [-0.15, -0.1) is 0 Å². The van der Waals surface area contributed by atoms with E-state index in [1.54, 1.807) is 60.7 Å². The van der Waals surface area contributed by atoms with Gasteiger partial charge >= 0.3 is 5.97 Å². The van der Waals surface area contributed by atoms with Crippen molar-refractivity contribution in [2.24, 2.45) is 5.92 Å². The van der Waals surface area contributed by atoms with Gasteiger partial charge in [0.2, 0.25) is 0 Å². The molecule has 5 atom stereocenters. The first-order chi connectivity index (χ1) is 16.8. The Labute approximate surface area is 202 Å². The van der Waals surface area contributed by atoms with Crippen LogP contribution in [0.15, 0.2) is 66.7 Å². The third kappa shape index (κ3) is 2.96. The molecule has 1 aliphatic carbocycles. The first-order valence-electron chi connectivity index (χ1n) is 11.1. The molecule has 1 aliphatic heterocycles. The molecule has 0 bridgehead atoms. The van der Waals surface area contributed by atoms with Gasteiger partial charge in [-0.25, -0.2) is 0 Å². The number of carbonyl (C=O) groups is 1. The molecule has 0 spiro atoms. The predicted molar refractivity (Wildman–Crippen MR) is 125 cm³/mol. The lowest BCUT2D eigenvalue weighted by Crippen LogP contribution is -2.52.